The van der Waals surface area contributed by atoms with Gasteiger partial charge < -0.3 is 20.9 Å². The molecule has 2 rings (SSSR count). The molecule has 1 aromatic rings. The number of halogens is 2. The number of hydrogen-bond acceptors (Lipinski definition) is 7. The molecule has 0 saturated carbocycles. The van der Waals surface area contributed by atoms with Gasteiger partial charge in [0.2, 0.25) is 0 Å². The minimum atomic E-state index is -3.00. The lowest BCUT2D eigenvalue weighted by molar-refractivity contribution is 0.00392. The highest BCUT2D eigenvalue weighted by atomic mass is 32.1. The van der Waals surface area contributed by atoms with Crippen molar-refractivity contribution in [3.8, 4) is 0 Å². The van der Waals surface area contributed by atoms with Crippen LogP contribution in [0.15, 0.2) is 6.20 Å². The molecule has 1 amide bonds. The second-order valence-electron chi connectivity index (χ2n) is 5.40. The number of alkyl halides is 2. The number of hydrogen-bond donors (Lipinski definition) is 4. The first-order chi connectivity index (χ1) is 11.4. The molecule has 11 heteroatoms. The number of amides is 1. The number of nitrogens with one attached hydrogen (secondary N) is 2. The number of anilines is 1. The summed E-state index contributed by atoms with van der Waals surface area (Å²) >= 11 is 1.12. The zero-order chi connectivity index (χ0) is 17.6. The van der Waals surface area contributed by atoms with Crippen molar-refractivity contribution in [2.45, 2.75) is 12.0 Å². The lowest BCUT2D eigenvalue weighted by Gasteiger charge is -2.31. The van der Waals surface area contributed by atoms with Crippen LogP contribution in [-0.4, -0.2) is 72.9 Å². The number of morpholine rings is 1. The number of thiazole rings is 1. The van der Waals surface area contributed by atoms with E-state index in [-0.39, 0.29) is 5.13 Å². The van der Waals surface area contributed by atoms with Gasteiger partial charge in [-0.2, -0.15) is 0 Å². The fourth-order valence-corrected chi connectivity index (χ4v) is 3.11. The summed E-state index contributed by atoms with van der Waals surface area (Å²) in [5.74, 6) is -3.00. The van der Waals surface area contributed by atoms with Crippen molar-refractivity contribution in [2.24, 2.45) is 5.73 Å². The maximum atomic E-state index is 13.5. The molecule has 136 valence electrons. The maximum absolute atomic E-state index is 13.5. The molecule has 0 aromatic carbocycles. The van der Waals surface area contributed by atoms with Crippen LogP contribution in [0, 0.1) is 0 Å². The second-order valence-corrected chi connectivity index (χ2v) is 6.47. The summed E-state index contributed by atoms with van der Waals surface area (Å²) in [4.78, 5) is 17.4. The van der Waals surface area contributed by atoms with Gasteiger partial charge in [-0.15, -0.1) is 0 Å². The monoisotopic (exact) mass is 365 g/mol. The first kappa shape index (κ1) is 18.9. The van der Waals surface area contributed by atoms with Crippen molar-refractivity contribution < 1.29 is 23.4 Å². The van der Waals surface area contributed by atoms with Gasteiger partial charge in [0.15, 0.2) is 5.13 Å². The summed E-state index contributed by atoms with van der Waals surface area (Å²) < 4.78 is 32.2. The largest absolute Gasteiger partial charge is 0.465 e. The van der Waals surface area contributed by atoms with Crippen LogP contribution in [0.2, 0.25) is 0 Å². The van der Waals surface area contributed by atoms with Gasteiger partial charge in [0.05, 0.1) is 32.3 Å². The fraction of sp³-hybridized carbons (Fsp3) is 0.692. The molecule has 0 bridgehead atoms. The fourth-order valence-electron chi connectivity index (χ4n) is 2.24. The summed E-state index contributed by atoms with van der Waals surface area (Å²) in [5, 5.41) is 13.9. The van der Waals surface area contributed by atoms with Gasteiger partial charge in [0.1, 0.15) is 0 Å². The van der Waals surface area contributed by atoms with E-state index in [0.29, 0.717) is 37.7 Å². The second kappa shape index (κ2) is 8.62. The predicted octanol–water partition coefficient (Wildman–Crippen LogP) is 0.790. The van der Waals surface area contributed by atoms with Crippen LogP contribution in [-0.2, 0) is 4.74 Å². The molecule has 1 saturated heterocycles. The van der Waals surface area contributed by atoms with E-state index in [9.17, 15) is 13.6 Å². The molecule has 0 aliphatic carbocycles. The number of rotatable bonds is 8. The minimum Gasteiger partial charge on any atom is -0.465 e. The normalized spacial score (nSPS) is 17.6. The van der Waals surface area contributed by atoms with Crippen LogP contribution in [0.5, 0.6) is 0 Å². The van der Waals surface area contributed by atoms with E-state index in [1.54, 1.807) is 0 Å². The molecule has 0 radical (unpaired) electrons. The topological polar surface area (TPSA) is 113 Å². The Hall–Kier alpha value is -1.40. The Kier molecular flexibility index (Phi) is 6.80. The molecule has 0 spiro atoms. The van der Waals surface area contributed by atoms with Gasteiger partial charge in [0, 0.05) is 30.7 Å². The van der Waals surface area contributed by atoms with Crippen molar-refractivity contribution in [2.75, 3.05) is 51.3 Å². The van der Waals surface area contributed by atoms with Crippen LogP contribution in [0.25, 0.3) is 0 Å². The summed E-state index contributed by atoms with van der Waals surface area (Å²) in [6.07, 6.45) is 0.275. The first-order valence-corrected chi connectivity index (χ1v) is 8.28. The van der Waals surface area contributed by atoms with E-state index in [1.807, 2.05) is 0 Å². The van der Waals surface area contributed by atoms with Crippen molar-refractivity contribution in [3.63, 3.8) is 0 Å². The Bertz CT molecular complexity index is 539. The Balaban J connectivity index is 2.05. The SMILES string of the molecule is NCC(F)(F)CNC(CN1CCOCC1)c1cnc(NC(=O)O)s1. The molecule has 1 unspecified atom stereocenters. The molecule has 1 aliphatic rings. The van der Waals surface area contributed by atoms with Crippen molar-refractivity contribution in [3.05, 3.63) is 11.1 Å². The summed E-state index contributed by atoms with van der Waals surface area (Å²) in [6, 6.07) is -0.401. The van der Waals surface area contributed by atoms with Gasteiger partial charge in [-0.25, -0.2) is 18.6 Å². The van der Waals surface area contributed by atoms with E-state index >= 15 is 0 Å². The molecular formula is C13H21F2N5O3S. The summed E-state index contributed by atoms with van der Waals surface area (Å²) in [6.45, 7) is 1.82. The van der Waals surface area contributed by atoms with E-state index < -0.39 is 31.1 Å². The summed E-state index contributed by atoms with van der Waals surface area (Å²) in [5.41, 5.74) is 5.07. The first-order valence-electron chi connectivity index (χ1n) is 7.46. The lowest BCUT2D eigenvalue weighted by Crippen LogP contribution is -2.45. The zero-order valence-corrected chi connectivity index (χ0v) is 13.8. The average molecular weight is 365 g/mol. The van der Waals surface area contributed by atoms with E-state index in [2.05, 4.69) is 20.5 Å². The van der Waals surface area contributed by atoms with Crippen LogP contribution in [0.3, 0.4) is 0 Å². The van der Waals surface area contributed by atoms with Crippen molar-refractivity contribution in [1.29, 1.82) is 0 Å². The molecule has 5 N–H and O–H groups in total. The molecule has 1 aromatic heterocycles. The standard InChI is InChI=1S/C13H21F2N5O3S/c14-13(15,7-16)8-18-9(6-20-1-3-23-4-2-20)10-5-17-11(24-10)19-12(21)22/h5,9,18H,1-4,6-8,16H2,(H,17,19)(H,21,22). The molecular weight excluding hydrogens is 344 g/mol. The average Bonchev–Trinajstić information content (AvgIpc) is 3.00. The molecule has 2 heterocycles. The number of carboxylic acid groups (broad SMARTS) is 1. The van der Waals surface area contributed by atoms with Gasteiger partial charge in [0.25, 0.3) is 5.92 Å². The molecule has 8 nitrogen and oxygen atoms in total. The minimum absolute atomic E-state index is 0.205. The third-order valence-corrected chi connectivity index (χ3v) is 4.56. The van der Waals surface area contributed by atoms with Gasteiger partial charge in [-0.3, -0.25) is 10.2 Å². The van der Waals surface area contributed by atoms with E-state index in [4.69, 9.17) is 15.6 Å². The van der Waals surface area contributed by atoms with Crippen molar-refractivity contribution >= 4 is 22.6 Å². The number of ether oxygens (including phenoxy) is 1. The third-order valence-electron chi connectivity index (χ3n) is 3.53. The Morgan fingerprint density at radius 2 is 2.25 bits per heavy atom. The Morgan fingerprint density at radius 1 is 1.54 bits per heavy atom. The highest BCUT2D eigenvalue weighted by Crippen LogP contribution is 2.26. The highest BCUT2D eigenvalue weighted by Gasteiger charge is 2.29. The number of nitrogens with two attached hydrogens (primary N) is 1. The van der Waals surface area contributed by atoms with Gasteiger partial charge in [-0.1, -0.05) is 11.3 Å². The molecule has 24 heavy (non-hydrogen) atoms. The lowest BCUT2D eigenvalue weighted by atomic mass is 10.2. The van der Waals surface area contributed by atoms with E-state index in [0.717, 1.165) is 11.3 Å². The van der Waals surface area contributed by atoms with Crippen LogP contribution < -0.4 is 16.4 Å². The van der Waals surface area contributed by atoms with Crippen LogP contribution in [0.4, 0.5) is 18.7 Å². The predicted molar refractivity (Wildman–Crippen MR) is 85.8 cm³/mol. The molecule has 1 atom stereocenters. The highest BCUT2D eigenvalue weighted by molar-refractivity contribution is 7.15. The smallest absolute Gasteiger partial charge is 0.410 e. The van der Waals surface area contributed by atoms with Crippen LogP contribution >= 0.6 is 11.3 Å². The number of carbonyl (C=O) groups is 1. The summed E-state index contributed by atoms with van der Waals surface area (Å²) in [7, 11) is 0. The quantitative estimate of drug-likeness (QED) is 0.539. The van der Waals surface area contributed by atoms with Gasteiger partial charge in [-0.05, 0) is 0 Å². The van der Waals surface area contributed by atoms with Gasteiger partial charge >= 0.3 is 6.09 Å². The maximum Gasteiger partial charge on any atom is 0.410 e. The Morgan fingerprint density at radius 3 is 2.88 bits per heavy atom. The number of nitrogens with zero attached hydrogens (tertiary/aromatic N) is 2. The zero-order valence-electron chi connectivity index (χ0n) is 13.0. The number of aromatic nitrogens is 1. The Labute approximate surface area is 142 Å². The van der Waals surface area contributed by atoms with E-state index in [1.165, 1.54) is 6.20 Å². The molecule has 1 fully saturated rings. The third kappa shape index (κ3) is 5.91. The molecule has 1 aliphatic heterocycles. The van der Waals surface area contributed by atoms with Crippen molar-refractivity contribution in [1.82, 2.24) is 15.2 Å². The van der Waals surface area contributed by atoms with Crippen LogP contribution in [0.1, 0.15) is 10.9 Å².